The van der Waals surface area contributed by atoms with Crippen molar-refractivity contribution < 1.29 is 5.21 Å². The summed E-state index contributed by atoms with van der Waals surface area (Å²) in [7, 11) is 0. The van der Waals surface area contributed by atoms with E-state index in [0.29, 0.717) is 18.0 Å². The lowest BCUT2D eigenvalue weighted by Crippen LogP contribution is -2.61. The summed E-state index contributed by atoms with van der Waals surface area (Å²) >= 11 is 0. The largest absolute Gasteiger partial charge is 0.313 e. The average Bonchev–Trinajstić information content (AvgIpc) is 2.40. The number of nitrogens with zero attached hydrogens (tertiary/aromatic N) is 1. The van der Waals surface area contributed by atoms with Gasteiger partial charge in [-0.05, 0) is 55.4 Å². The van der Waals surface area contributed by atoms with Gasteiger partial charge in [0.2, 0.25) is 0 Å². The van der Waals surface area contributed by atoms with Gasteiger partial charge in [-0.15, -0.1) is 0 Å². The lowest BCUT2D eigenvalue weighted by Gasteiger charge is -2.58. The van der Waals surface area contributed by atoms with E-state index in [1.54, 1.807) is 5.06 Å². The zero-order chi connectivity index (χ0) is 12.1. The summed E-state index contributed by atoms with van der Waals surface area (Å²) in [5.41, 5.74) is 1.43. The number of benzene rings is 1. The number of rotatable bonds is 2. The van der Waals surface area contributed by atoms with Crippen LogP contribution in [-0.4, -0.2) is 22.4 Å². The fourth-order valence-electron chi connectivity index (χ4n) is 4.80. The lowest BCUT2D eigenvalue weighted by atomic mass is 9.58. The molecule has 0 radical (unpaired) electrons. The van der Waals surface area contributed by atoms with Gasteiger partial charge in [0.05, 0.1) is 0 Å². The Balaban J connectivity index is 1.58. The number of hydrogen-bond donors (Lipinski definition) is 1. The molecule has 18 heavy (non-hydrogen) atoms. The highest BCUT2D eigenvalue weighted by atomic mass is 16.5. The van der Waals surface area contributed by atoms with Crippen LogP contribution in [0.5, 0.6) is 0 Å². The summed E-state index contributed by atoms with van der Waals surface area (Å²) in [6, 6.07) is 11.7. The standard InChI is InChI=1S/C16H21NO/c18-17-14-7-12-6-13(10-14)15(16(17)9-12)8-11-4-2-1-3-5-11/h1-5,12-16,18H,6-10H2/t12-,13+,14-,15-,16+/m0/s1. The van der Waals surface area contributed by atoms with Crippen LogP contribution in [0.15, 0.2) is 30.3 Å². The number of hydroxylamine groups is 2. The van der Waals surface area contributed by atoms with E-state index in [1.807, 2.05) is 0 Å². The van der Waals surface area contributed by atoms with Gasteiger partial charge in [-0.3, -0.25) is 0 Å². The minimum absolute atomic E-state index is 0.432. The van der Waals surface area contributed by atoms with Crippen molar-refractivity contribution in [2.24, 2.45) is 17.8 Å². The molecule has 4 fully saturated rings. The predicted octanol–water partition coefficient (Wildman–Crippen LogP) is 3.11. The molecule has 5 atom stereocenters. The first-order chi connectivity index (χ1) is 8.81. The maximum atomic E-state index is 10.3. The molecule has 2 saturated carbocycles. The van der Waals surface area contributed by atoms with Crippen molar-refractivity contribution in [2.75, 3.05) is 0 Å². The van der Waals surface area contributed by atoms with Gasteiger partial charge in [0, 0.05) is 12.1 Å². The molecule has 4 aliphatic rings. The van der Waals surface area contributed by atoms with Gasteiger partial charge in [0.25, 0.3) is 0 Å². The Morgan fingerprint density at radius 3 is 2.72 bits per heavy atom. The maximum absolute atomic E-state index is 10.3. The van der Waals surface area contributed by atoms with E-state index in [-0.39, 0.29) is 0 Å². The van der Waals surface area contributed by atoms with Crippen molar-refractivity contribution in [1.29, 1.82) is 0 Å². The molecule has 2 nitrogen and oxygen atoms in total. The summed E-state index contributed by atoms with van der Waals surface area (Å²) < 4.78 is 0. The second-order valence-electron chi connectivity index (χ2n) is 6.52. The van der Waals surface area contributed by atoms with Crippen molar-refractivity contribution in [3.63, 3.8) is 0 Å². The lowest BCUT2D eigenvalue weighted by molar-refractivity contribution is -0.250. The topological polar surface area (TPSA) is 23.5 Å². The van der Waals surface area contributed by atoms with Crippen LogP contribution >= 0.6 is 0 Å². The zero-order valence-electron chi connectivity index (χ0n) is 10.7. The number of hydrogen-bond acceptors (Lipinski definition) is 2. The van der Waals surface area contributed by atoms with Gasteiger partial charge in [0.1, 0.15) is 0 Å². The molecule has 1 aromatic rings. The van der Waals surface area contributed by atoms with Gasteiger partial charge in [-0.25, -0.2) is 0 Å². The van der Waals surface area contributed by atoms with E-state index in [1.165, 1.54) is 31.2 Å². The first-order valence-corrected chi connectivity index (χ1v) is 7.32. The SMILES string of the molecule is ON1[C@H]2C[C@@H]3C[C@H](C2)[C@H](Cc2ccccc2)[C@H]1C3. The first kappa shape index (κ1) is 11.0. The molecule has 1 N–H and O–H groups in total. The maximum Gasteiger partial charge on any atom is 0.0390 e. The zero-order valence-corrected chi connectivity index (χ0v) is 10.7. The predicted molar refractivity (Wildman–Crippen MR) is 70.3 cm³/mol. The Labute approximate surface area is 109 Å². The summed E-state index contributed by atoms with van der Waals surface area (Å²) in [5, 5.41) is 12.0. The molecular formula is C16H21NO. The second-order valence-corrected chi connectivity index (χ2v) is 6.52. The van der Waals surface area contributed by atoms with Crippen LogP contribution in [0, 0.1) is 17.8 Å². The molecule has 5 rings (SSSR count). The molecule has 4 bridgehead atoms. The summed E-state index contributed by atoms with van der Waals surface area (Å²) in [4.78, 5) is 0. The highest BCUT2D eigenvalue weighted by Gasteiger charge is 2.51. The van der Waals surface area contributed by atoms with Crippen LogP contribution in [-0.2, 0) is 6.42 Å². The van der Waals surface area contributed by atoms with E-state index < -0.39 is 0 Å². The third-order valence-electron chi connectivity index (χ3n) is 5.52. The third-order valence-corrected chi connectivity index (χ3v) is 5.52. The van der Waals surface area contributed by atoms with Crippen LogP contribution in [0.25, 0.3) is 0 Å². The van der Waals surface area contributed by atoms with Gasteiger partial charge in [-0.1, -0.05) is 30.3 Å². The van der Waals surface area contributed by atoms with E-state index in [4.69, 9.17) is 0 Å². The van der Waals surface area contributed by atoms with Crippen LogP contribution < -0.4 is 0 Å². The van der Waals surface area contributed by atoms with Crippen LogP contribution in [0.1, 0.15) is 31.2 Å². The minimum Gasteiger partial charge on any atom is -0.313 e. The van der Waals surface area contributed by atoms with Gasteiger partial charge in [0.15, 0.2) is 0 Å². The van der Waals surface area contributed by atoms with Crippen molar-refractivity contribution in [3.05, 3.63) is 35.9 Å². The van der Waals surface area contributed by atoms with E-state index in [2.05, 4.69) is 30.3 Å². The molecule has 2 heteroatoms. The average molecular weight is 243 g/mol. The van der Waals surface area contributed by atoms with E-state index in [9.17, 15) is 5.21 Å². The third kappa shape index (κ3) is 1.63. The van der Waals surface area contributed by atoms with E-state index in [0.717, 1.165) is 18.3 Å². The van der Waals surface area contributed by atoms with Gasteiger partial charge < -0.3 is 5.21 Å². The smallest absolute Gasteiger partial charge is 0.0390 e. The molecule has 0 unspecified atom stereocenters. The molecule has 96 valence electrons. The fraction of sp³-hybridized carbons (Fsp3) is 0.625. The Morgan fingerprint density at radius 1 is 1.06 bits per heavy atom. The van der Waals surface area contributed by atoms with E-state index >= 15 is 0 Å². The summed E-state index contributed by atoms with van der Waals surface area (Å²) in [5.74, 6) is 2.43. The molecule has 2 heterocycles. The van der Waals surface area contributed by atoms with Crippen molar-refractivity contribution in [3.8, 4) is 0 Å². The monoisotopic (exact) mass is 243 g/mol. The first-order valence-electron chi connectivity index (χ1n) is 7.32. The van der Waals surface area contributed by atoms with Crippen LogP contribution in [0.2, 0.25) is 0 Å². The number of piperidine rings is 2. The molecule has 1 aromatic carbocycles. The minimum atomic E-state index is 0.432. The molecular weight excluding hydrogens is 222 g/mol. The molecule has 0 aromatic heterocycles. The van der Waals surface area contributed by atoms with Crippen molar-refractivity contribution in [2.45, 2.75) is 44.2 Å². The van der Waals surface area contributed by atoms with Gasteiger partial charge in [-0.2, -0.15) is 5.06 Å². The summed E-state index contributed by atoms with van der Waals surface area (Å²) in [6.07, 6.45) is 6.24. The Bertz CT molecular complexity index is 432. The highest BCUT2D eigenvalue weighted by molar-refractivity contribution is 5.17. The molecule has 0 amide bonds. The normalized spacial score (nSPS) is 42.4. The fourth-order valence-corrected chi connectivity index (χ4v) is 4.80. The van der Waals surface area contributed by atoms with Crippen LogP contribution in [0.3, 0.4) is 0 Å². The molecule has 2 aliphatic carbocycles. The summed E-state index contributed by atoms with van der Waals surface area (Å²) in [6.45, 7) is 0. The quantitative estimate of drug-likeness (QED) is 0.862. The Hall–Kier alpha value is -0.860. The Kier molecular flexibility index (Phi) is 2.49. The van der Waals surface area contributed by atoms with Gasteiger partial charge >= 0.3 is 0 Å². The van der Waals surface area contributed by atoms with Crippen molar-refractivity contribution >= 4 is 0 Å². The highest BCUT2D eigenvalue weighted by Crippen LogP contribution is 2.52. The molecule has 2 saturated heterocycles. The van der Waals surface area contributed by atoms with Crippen LogP contribution in [0.4, 0.5) is 0 Å². The molecule has 2 aliphatic heterocycles. The molecule has 0 spiro atoms. The second kappa shape index (κ2) is 4.07. The van der Waals surface area contributed by atoms with Crippen molar-refractivity contribution in [1.82, 2.24) is 5.06 Å². The Morgan fingerprint density at radius 2 is 1.89 bits per heavy atom.